The Hall–Kier alpha value is -0.360. The first-order chi connectivity index (χ1) is 10.1. The summed E-state index contributed by atoms with van der Waals surface area (Å²) in [6, 6.07) is 6.17. The van der Waals surface area contributed by atoms with E-state index >= 15 is 0 Å². The van der Waals surface area contributed by atoms with Crippen LogP contribution in [-0.4, -0.2) is 16.3 Å². The first kappa shape index (κ1) is 17.0. The second-order valence-electron chi connectivity index (χ2n) is 4.76. The van der Waals surface area contributed by atoms with Crippen LogP contribution in [0.25, 0.3) is 0 Å². The van der Waals surface area contributed by atoms with Crippen molar-refractivity contribution in [1.82, 2.24) is 15.1 Å². The number of benzene rings is 1. The summed E-state index contributed by atoms with van der Waals surface area (Å²) in [5, 5.41) is 8.61. The normalized spacial score (nSPS) is 12.6. The van der Waals surface area contributed by atoms with Gasteiger partial charge in [0.05, 0.1) is 23.0 Å². The summed E-state index contributed by atoms with van der Waals surface area (Å²) in [5.41, 5.74) is 2.16. The number of aryl methyl sites for hydroxylation is 1. The zero-order chi connectivity index (χ0) is 15.4. The molecule has 1 aromatic heterocycles. The van der Waals surface area contributed by atoms with Gasteiger partial charge in [0.25, 0.3) is 0 Å². The Labute approximate surface area is 147 Å². The Kier molecular flexibility index (Phi) is 6.29. The van der Waals surface area contributed by atoms with Gasteiger partial charge in [-0.15, -0.1) is 0 Å². The zero-order valence-electron chi connectivity index (χ0n) is 12.0. The summed E-state index contributed by atoms with van der Waals surface area (Å²) in [6.45, 7) is 5.93. The highest BCUT2D eigenvalue weighted by Gasteiger charge is 2.23. The minimum atomic E-state index is 0.00317. The summed E-state index contributed by atoms with van der Waals surface area (Å²) < 4.78 is 4.08. The van der Waals surface area contributed by atoms with Gasteiger partial charge in [-0.05, 0) is 36.7 Å². The van der Waals surface area contributed by atoms with Gasteiger partial charge in [0.15, 0.2) is 0 Å². The van der Waals surface area contributed by atoms with Crippen LogP contribution in [0.5, 0.6) is 0 Å². The number of rotatable bonds is 6. The van der Waals surface area contributed by atoms with Crippen molar-refractivity contribution < 1.29 is 0 Å². The van der Waals surface area contributed by atoms with Gasteiger partial charge in [0, 0.05) is 15.5 Å². The molecule has 0 saturated carbocycles. The molecule has 0 radical (unpaired) electrons. The second-order valence-corrected chi connectivity index (χ2v) is 6.93. The van der Waals surface area contributed by atoms with Crippen LogP contribution >= 0.6 is 43.5 Å². The van der Waals surface area contributed by atoms with Crippen molar-refractivity contribution >= 4 is 43.5 Å². The molecule has 1 aromatic carbocycles. The molecule has 0 bridgehead atoms. The van der Waals surface area contributed by atoms with Crippen LogP contribution in [0, 0.1) is 0 Å². The Bertz CT molecular complexity index is 613. The van der Waals surface area contributed by atoms with E-state index in [2.05, 4.69) is 62.2 Å². The molecule has 0 amide bonds. The smallest absolute Gasteiger partial charge is 0.0837 e. The molecule has 1 N–H and O–H groups in total. The maximum Gasteiger partial charge on any atom is 0.0837 e. The van der Waals surface area contributed by atoms with Crippen LogP contribution in [0.15, 0.2) is 33.3 Å². The number of hydrogen-bond acceptors (Lipinski definition) is 2. The SMILES string of the molecule is CCCn1ncc(Cl)c1C(NCC)c1cc(Br)ccc1Br. The topological polar surface area (TPSA) is 29.9 Å². The monoisotopic (exact) mass is 433 g/mol. The molecule has 0 aliphatic rings. The van der Waals surface area contributed by atoms with E-state index in [0.29, 0.717) is 5.02 Å². The Balaban J connectivity index is 2.53. The highest BCUT2D eigenvalue weighted by molar-refractivity contribution is 9.11. The predicted molar refractivity (Wildman–Crippen MR) is 94.9 cm³/mol. The van der Waals surface area contributed by atoms with E-state index in [1.165, 1.54) is 0 Å². The lowest BCUT2D eigenvalue weighted by atomic mass is 10.0. The maximum atomic E-state index is 6.40. The second kappa shape index (κ2) is 7.77. The lowest BCUT2D eigenvalue weighted by Gasteiger charge is -2.22. The fraction of sp³-hybridized carbons (Fsp3) is 0.400. The number of halogens is 3. The van der Waals surface area contributed by atoms with Crippen LogP contribution in [0.2, 0.25) is 5.02 Å². The van der Waals surface area contributed by atoms with Crippen molar-refractivity contribution in [2.45, 2.75) is 32.9 Å². The van der Waals surface area contributed by atoms with Crippen molar-refractivity contribution in [1.29, 1.82) is 0 Å². The largest absolute Gasteiger partial charge is 0.305 e. The van der Waals surface area contributed by atoms with Crippen molar-refractivity contribution in [3.63, 3.8) is 0 Å². The molecule has 0 fully saturated rings. The minimum Gasteiger partial charge on any atom is -0.305 e. The first-order valence-electron chi connectivity index (χ1n) is 6.98. The molecule has 1 unspecified atom stereocenters. The van der Waals surface area contributed by atoms with E-state index in [-0.39, 0.29) is 6.04 Å². The molecule has 0 spiro atoms. The highest BCUT2D eigenvalue weighted by Crippen LogP contribution is 2.34. The molecule has 1 heterocycles. The molecule has 0 saturated heterocycles. The summed E-state index contributed by atoms with van der Waals surface area (Å²) >= 11 is 13.6. The quantitative estimate of drug-likeness (QED) is 0.678. The molecule has 2 rings (SSSR count). The molecule has 21 heavy (non-hydrogen) atoms. The molecule has 1 atom stereocenters. The standard InChI is InChI=1S/C15H18Br2ClN3/c1-3-7-21-15(13(18)9-20-21)14(19-4-2)11-8-10(16)5-6-12(11)17/h5-6,8-9,14,19H,3-4,7H2,1-2H3. The van der Waals surface area contributed by atoms with Gasteiger partial charge >= 0.3 is 0 Å². The van der Waals surface area contributed by atoms with E-state index in [1.54, 1.807) is 6.20 Å². The predicted octanol–water partition coefficient (Wildman–Crippen LogP) is 5.17. The molecule has 3 nitrogen and oxygen atoms in total. The molecule has 6 heteroatoms. The van der Waals surface area contributed by atoms with Gasteiger partial charge in [-0.2, -0.15) is 5.10 Å². The lowest BCUT2D eigenvalue weighted by Crippen LogP contribution is -2.25. The number of hydrogen-bond donors (Lipinski definition) is 1. The number of nitrogens with one attached hydrogen (secondary N) is 1. The fourth-order valence-electron chi connectivity index (χ4n) is 2.34. The molecule has 2 aromatic rings. The third-order valence-electron chi connectivity index (χ3n) is 3.22. The van der Waals surface area contributed by atoms with Gasteiger partial charge in [0.2, 0.25) is 0 Å². The third kappa shape index (κ3) is 3.89. The summed E-state index contributed by atoms with van der Waals surface area (Å²) in [5.74, 6) is 0. The van der Waals surface area contributed by atoms with E-state index < -0.39 is 0 Å². The Morgan fingerprint density at radius 2 is 2.10 bits per heavy atom. The van der Waals surface area contributed by atoms with E-state index in [9.17, 15) is 0 Å². The molecule has 0 aliphatic heterocycles. The van der Waals surface area contributed by atoms with Gasteiger partial charge in [0.1, 0.15) is 0 Å². The third-order valence-corrected chi connectivity index (χ3v) is 4.73. The Morgan fingerprint density at radius 1 is 1.33 bits per heavy atom. The Morgan fingerprint density at radius 3 is 2.76 bits per heavy atom. The van der Waals surface area contributed by atoms with Crippen LogP contribution in [0.1, 0.15) is 37.6 Å². The average molecular weight is 436 g/mol. The highest BCUT2D eigenvalue weighted by atomic mass is 79.9. The average Bonchev–Trinajstić information content (AvgIpc) is 2.81. The van der Waals surface area contributed by atoms with Crippen molar-refractivity contribution in [3.05, 3.63) is 49.6 Å². The van der Waals surface area contributed by atoms with Gasteiger partial charge in [-0.1, -0.05) is 57.3 Å². The zero-order valence-corrected chi connectivity index (χ0v) is 16.0. The van der Waals surface area contributed by atoms with Crippen molar-refractivity contribution in [2.24, 2.45) is 0 Å². The summed E-state index contributed by atoms with van der Waals surface area (Å²) in [7, 11) is 0. The summed E-state index contributed by atoms with van der Waals surface area (Å²) in [4.78, 5) is 0. The van der Waals surface area contributed by atoms with E-state index in [4.69, 9.17) is 11.6 Å². The fourth-order valence-corrected chi connectivity index (χ4v) is 3.45. The van der Waals surface area contributed by atoms with Gasteiger partial charge in [-0.3, -0.25) is 4.68 Å². The first-order valence-corrected chi connectivity index (χ1v) is 8.94. The molecular weight excluding hydrogens is 417 g/mol. The number of nitrogens with zero attached hydrogens (tertiary/aromatic N) is 2. The molecule has 0 aliphatic carbocycles. The van der Waals surface area contributed by atoms with Gasteiger partial charge < -0.3 is 5.32 Å². The van der Waals surface area contributed by atoms with Crippen LogP contribution in [0.4, 0.5) is 0 Å². The molecule has 114 valence electrons. The van der Waals surface area contributed by atoms with E-state index in [0.717, 1.165) is 39.7 Å². The van der Waals surface area contributed by atoms with Gasteiger partial charge in [-0.25, -0.2) is 0 Å². The van der Waals surface area contributed by atoms with E-state index in [1.807, 2.05) is 16.8 Å². The van der Waals surface area contributed by atoms with Crippen molar-refractivity contribution in [3.8, 4) is 0 Å². The number of aromatic nitrogens is 2. The lowest BCUT2D eigenvalue weighted by molar-refractivity contribution is 0.519. The van der Waals surface area contributed by atoms with Crippen LogP contribution < -0.4 is 5.32 Å². The van der Waals surface area contributed by atoms with Crippen molar-refractivity contribution in [2.75, 3.05) is 6.54 Å². The minimum absolute atomic E-state index is 0.00317. The van der Waals surface area contributed by atoms with Crippen LogP contribution in [0.3, 0.4) is 0 Å². The summed E-state index contributed by atoms with van der Waals surface area (Å²) in [6.07, 6.45) is 2.74. The molecular formula is C15H18Br2ClN3. The van der Waals surface area contributed by atoms with Crippen LogP contribution in [-0.2, 0) is 6.54 Å². The maximum absolute atomic E-state index is 6.40.